The molecule has 2 aliphatic carbocycles. The molecule has 106 valence electrons. The Balaban J connectivity index is 1.70. The molecule has 0 aromatic carbocycles. The summed E-state index contributed by atoms with van der Waals surface area (Å²) in [6.07, 6.45) is 7.78. The van der Waals surface area contributed by atoms with Gasteiger partial charge in [0.2, 0.25) is 0 Å². The van der Waals surface area contributed by atoms with Crippen LogP contribution >= 0.6 is 0 Å². The first-order valence-electron chi connectivity index (χ1n) is 7.76. The first-order valence-corrected chi connectivity index (χ1v) is 7.76. The van der Waals surface area contributed by atoms with Crippen LogP contribution in [0.1, 0.15) is 58.8 Å². The molecule has 4 heteroatoms. The third kappa shape index (κ3) is 2.63. The number of carbonyl (C=O) groups excluding carboxylic acids is 1. The Hall–Kier alpha value is -1.06. The van der Waals surface area contributed by atoms with E-state index in [1.165, 1.54) is 19.3 Å². The Labute approximate surface area is 115 Å². The van der Waals surface area contributed by atoms with Crippen molar-refractivity contribution in [1.82, 2.24) is 10.6 Å². The minimum absolute atomic E-state index is 0.149. The fourth-order valence-corrected chi connectivity index (χ4v) is 3.38. The van der Waals surface area contributed by atoms with Crippen LogP contribution in [-0.2, 0) is 4.79 Å². The number of amides is 1. The standard InChI is InChI=1S/C15H25N3O/c1-10(2)11-4-3-8-15(9-7-11)13(19)17-14(18-15)16-12-5-6-12/h10-12H,3-9H2,1-2H3,(H2,16,17,18,19). The zero-order chi connectivity index (χ0) is 13.5. The van der Waals surface area contributed by atoms with Gasteiger partial charge < -0.3 is 5.32 Å². The van der Waals surface area contributed by atoms with Gasteiger partial charge in [-0.1, -0.05) is 26.7 Å². The summed E-state index contributed by atoms with van der Waals surface area (Å²) in [5, 5.41) is 6.37. The van der Waals surface area contributed by atoms with E-state index in [-0.39, 0.29) is 11.4 Å². The largest absolute Gasteiger partial charge is 0.342 e. The normalized spacial score (nSPS) is 37.5. The van der Waals surface area contributed by atoms with Gasteiger partial charge in [0.05, 0.1) is 6.04 Å². The first-order chi connectivity index (χ1) is 9.09. The average Bonchev–Trinajstić information content (AvgIpc) is 3.11. The lowest BCUT2D eigenvalue weighted by Gasteiger charge is -2.25. The van der Waals surface area contributed by atoms with Crippen molar-refractivity contribution in [2.75, 3.05) is 0 Å². The van der Waals surface area contributed by atoms with Crippen molar-refractivity contribution in [3.63, 3.8) is 0 Å². The maximum atomic E-state index is 12.3. The molecule has 2 unspecified atom stereocenters. The van der Waals surface area contributed by atoms with Crippen molar-refractivity contribution >= 4 is 11.9 Å². The summed E-state index contributed by atoms with van der Waals surface area (Å²) in [4.78, 5) is 16.9. The van der Waals surface area contributed by atoms with Gasteiger partial charge in [-0.25, -0.2) is 4.99 Å². The van der Waals surface area contributed by atoms with E-state index in [0.717, 1.165) is 43.5 Å². The SMILES string of the molecule is CC(C)C1CCCC2(CC1)NC(=NC1CC1)NC2=O. The summed E-state index contributed by atoms with van der Waals surface area (Å²) < 4.78 is 0. The molecule has 1 amide bonds. The molecular weight excluding hydrogens is 238 g/mol. The molecule has 1 aliphatic heterocycles. The van der Waals surface area contributed by atoms with Gasteiger partial charge in [-0.15, -0.1) is 0 Å². The van der Waals surface area contributed by atoms with Crippen LogP contribution in [0.2, 0.25) is 0 Å². The Morgan fingerprint density at radius 2 is 2.00 bits per heavy atom. The van der Waals surface area contributed by atoms with Crippen LogP contribution in [0.3, 0.4) is 0 Å². The van der Waals surface area contributed by atoms with E-state index >= 15 is 0 Å². The fourth-order valence-electron chi connectivity index (χ4n) is 3.38. The van der Waals surface area contributed by atoms with Crippen LogP contribution < -0.4 is 10.6 Å². The smallest absolute Gasteiger partial charge is 0.252 e. The van der Waals surface area contributed by atoms with Crippen molar-refractivity contribution in [3.05, 3.63) is 0 Å². The van der Waals surface area contributed by atoms with E-state index in [1.807, 2.05) is 0 Å². The topological polar surface area (TPSA) is 53.5 Å². The van der Waals surface area contributed by atoms with Crippen molar-refractivity contribution in [2.45, 2.75) is 70.4 Å². The van der Waals surface area contributed by atoms with Crippen LogP contribution in [0.5, 0.6) is 0 Å². The maximum absolute atomic E-state index is 12.3. The van der Waals surface area contributed by atoms with E-state index in [4.69, 9.17) is 0 Å². The Bertz CT molecular complexity index is 400. The lowest BCUT2D eigenvalue weighted by atomic mass is 9.86. The van der Waals surface area contributed by atoms with E-state index < -0.39 is 0 Å². The average molecular weight is 263 g/mol. The van der Waals surface area contributed by atoms with Gasteiger partial charge in [0.25, 0.3) is 5.91 Å². The molecule has 0 aromatic heterocycles. The van der Waals surface area contributed by atoms with Gasteiger partial charge in [-0.3, -0.25) is 10.1 Å². The van der Waals surface area contributed by atoms with E-state index in [0.29, 0.717) is 6.04 Å². The summed E-state index contributed by atoms with van der Waals surface area (Å²) in [6, 6.07) is 0.451. The minimum atomic E-state index is -0.364. The van der Waals surface area contributed by atoms with Crippen LogP contribution in [0.25, 0.3) is 0 Å². The highest BCUT2D eigenvalue weighted by molar-refractivity contribution is 6.09. The molecule has 3 rings (SSSR count). The molecule has 1 saturated heterocycles. The van der Waals surface area contributed by atoms with Crippen LogP contribution in [0, 0.1) is 11.8 Å². The van der Waals surface area contributed by atoms with Crippen LogP contribution in [-0.4, -0.2) is 23.4 Å². The Kier molecular flexibility index (Phi) is 3.27. The number of aliphatic imine (C=N–C) groups is 1. The highest BCUT2D eigenvalue weighted by atomic mass is 16.2. The number of hydrogen-bond donors (Lipinski definition) is 2. The zero-order valence-electron chi connectivity index (χ0n) is 12.0. The molecule has 2 atom stereocenters. The van der Waals surface area contributed by atoms with Gasteiger partial charge in [-0.05, 0) is 43.9 Å². The summed E-state index contributed by atoms with van der Waals surface area (Å²) >= 11 is 0. The number of guanidine groups is 1. The predicted octanol–water partition coefficient (Wildman–Crippen LogP) is 2.20. The molecule has 2 N–H and O–H groups in total. The molecule has 1 spiro atoms. The summed E-state index contributed by atoms with van der Waals surface area (Å²) in [6.45, 7) is 4.59. The van der Waals surface area contributed by atoms with Crippen molar-refractivity contribution in [1.29, 1.82) is 0 Å². The van der Waals surface area contributed by atoms with E-state index in [2.05, 4.69) is 29.5 Å². The van der Waals surface area contributed by atoms with Crippen LogP contribution in [0.15, 0.2) is 4.99 Å². The number of nitrogens with zero attached hydrogens (tertiary/aromatic N) is 1. The van der Waals surface area contributed by atoms with Crippen LogP contribution in [0.4, 0.5) is 0 Å². The number of rotatable bonds is 2. The summed E-state index contributed by atoms with van der Waals surface area (Å²) in [5.41, 5.74) is -0.364. The molecule has 3 fully saturated rings. The molecule has 19 heavy (non-hydrogen) atoms. The summed E-state index contributed by atoms with van der Waals surface area (Å²) in [7, 11) is 0. The van der Waals surface area contributed by atoms with E-state index in [9.17, 15) is 4.79 Å². The number of carbonyl (C=O) groups is 1. The molecule has 0 aromatic rings. The second-order valence-corrected chi connectivity index (χ2v) is 6.81. The lowest BCUT2D eigenvalue weighted by Crippen LogP contribution is -2.46. The van der Waals surface area contributed by atoms with Crippen molar-refractivity contribution < 1.29 is 4.79 Å². The van der Waals surface area contributed by atoms with Crippen molar-refractivity contribution in [3.8, 4) is 0 Å². The molecule has 2 saturated carbocycles. The molecule has 1 heterocycles. The van der Waals surface area contributed by atoms with Gasteiger partial charge in [0.15, 0.2) is 5.96 Å². The quantitative estimate of drug-likeness (QED) is 0.802. The first kappa shape index (κ1) is 12.9. The summed E-state index contributed by atoms with van der Waals surface area (Å²) in [5.74, 6) is 2.37. The third-order valence-electron chi connectivity index (χ3n) is 4.95. The zero-order valence-corrected chi connectivity index (χ0v) is 12.0. The molecular formula is C15H25N3O. The minimum Gasteiger partial charge on any atom is -0.342 e. The predicted molar refractivity (Wildman–Crippen MR) is 75.9 cm³/mol. The van der Waals surface area contributed by atoms with Gasteiger partial charge >= 0.3 is 0 Å². The molecule has 3 aliphatic rings. The second kappa shape index (κ2) is 4.80. The Morgan fingerprint density at radius 1 is 1.21 bits per heavy atom. The van der Waals surface area contributed by atoms with Gasteiger partial charge in [-0.2, -0.15) is 0 Å². The number of hydrogen-bond acceptors (Lipinski definition) is 2. The van der Waals surface area contributed by atoms with Gasteiger partial charge in [0.1, 0.15) is 5.54 Å². The van der Waals surface area contributed by atoms with E-state index in [1.54, 1.807) is 0 Å². The number of nitrogens with one attached hydrogen (secondary N) is 2. The fraction of sp³-hybridized carbons (Fsp3) is 0.867. The molecule has 4 nitrogen and oxygen atoms in total. The highest BCUT2D eigenvalue weighted by Crippen LogP contribution is 2.35. The van der Waals surface area contributed by atoms with Crippen molar-refractivity contribution in [2.24, 2.45) is 16.8 Å². The molecule has 0 radical (unpaired) electrons. The molecule has 0 bridgehead atoms. The second-order valence-electron chi connectivity index (χ2n) is 6.81. The lowest BCUT2D eigenvalue weighted by molar-refractivity contribution is -0.124. The third-order valence-corrected chi connectivity index (χ3v) is 4.95. The maximum Gasteiger partial charge on any atom is 0.252 e. The Morgan fingerprint density at radius 3 is 2.68 bits per heavy atom. The van der Waals surface area contributed by atoms with Gasteiger partial charge in [0, 0.05) is 0 Å². The highest BCUT2D eigenvalue weighted by Gasteiger charge is 2.46. The monoisotopic (exact) mass is 263 g/mol.